The Kier molecular flexibility index (Phi) is 4.52. The van der Waals surface area contributed by atoms with E-state index >= 15 is 0 Å². The summed E-state index contributed by atoms with van der Waals surface area (Å²) in [5, 5.41) is 12.5. The van der Waals surface area contributed by atoms with E-state index in [2.05, 4.69) is 15.7 Å². The van der Waals surface area contributed by atoms with Gasteiger partial charge in [0.2, 0.25) is 11.9 Å². The topological polar surface area (TPSA) is 84.2 Å². The molecule has 1 fully saturated rings. The number of nitrogens with zero attached hydrogens (tertiary/aromatic N) is 4. The van der Waals surface area contributed by atoms with Crippen LogP contribution in [0.15, 0.2) is 48.5 Å². The highest BCUT2D eigenvalue weighted by Gasteiger charge is 2.23. The standard InChI is InChI=1S/C21H19ClN6O/c22-14-10-8-13(9-11-14)18-26-19-15-5-1-2-6-16(15)24-21(28(19)27-18)25-17-7-3-4-12-23-20(17)29/h1-2,5-6,8-11,17H,3-4,7,12H2,(H,23,29)(H,24,25)/t17-/m1/s1. The van der Waals surface area contributed by atoms with Crippen molar-refractivity contribution in [2.75, 3.05) is 11.9 Å². The van der Waals surface area contributed by atoms with Gasteiger partial charge in [0.25, 0.3) is 0 Å². The molecule has 1 aliphatic heterocycles. The SMILES string of the molecule is O=C1NCCCC[C@H]1Nc1nc2ccccc2c2nc(-c3ccc(Cl)cc3)nn12. The van der Waals surface area contributed by atoms with E-state index in [0.29, 0.717) is 29.0 Å². The Morgan fingerprint density at radius 1 is 1.07 bits per heavy atom. The number of para-hydroxylation sites is 1. The lowest BCUT2D eigenvalue weighted by atomic mass is 10.1. The maximum absolute atomic E-state index is 12.4. The van der Waals surface area contributed by atoms with Crippen LogP contribution in [0.4, 0.5) is 5.95 Å². The van der Waals surface area contributed by atoms with Gasteiger partial charge in [-0.15, -0.1) is 5.10 Å². The zero-order valence-electron chi connectivity index (χ0n) is 15.6. The van der Waals surface area contributed by atoms with E-state index in [1.54, 1.807) is 4.52 Å². The highest BCUT2D eigenvalue weighted by molar-refractivity contribution is 6.30. The van der Waals surface area contributed by atoms with Gasteiger partial charge in [0.1, 0.15) is 6.04 Å². The molecule has 0 bridgehead atoms. The second-order valence-electron chi connectivity index (χ2n) is 7.11. The van der Waals surface area contributed by atoms with Gasteiger partial charge < -0.3 is 10.6 Å². The predicted octanol–water partition coefficient (Wildman–Crippen LogP) is 3.68. The highest BCUT2D eigenvalue weighted by Crippen LogP contribution is 2.25. The van der Waals surface area contributed by atoms with Gasteiger partial charge in [-0.2, -0.15) is 4.52 Å². The third-order valence-corrected chi connectivity index (χ3v) is 5.37. The molecule has 146 valence electrons. The molecule has 0 unspecified atom stereocenters. The van der Waals surface area contributed by atoms with Gasteiger partial charge in [-0.05, 0) is 55.7 Å². The first-order valence-electron chi connectivity index (χ1n) is 9.65. The number of rotatable bonds is 3. The smallest absolute Gasteiger partial charge is 0.242 e. The number of fused-ring (bicyclic) bond motifs is 3. The van der Waals surface area contributed by atoms with Crippen LogP contribution in [0.3, 0.4) is 0 Å². The van der Waals surface area contributed by atoms with Crippen LogP contribution in [0.2, 0.25) is 5.02 Å². The molecule has 7 nitrogen and oxygen atoms in total. The minimum atomic E-state index is -0.349. The van der Waals surface area contributed by atoms with E-state index in [0.717, 1.165) is 35.7 Å². The van der Waals surface area contributed by atoms with Crippen LogP contribution in [0.25, 0.3) is 27.9 Å². The Hall–Kier alpha value is -3.19. The third-order valence-electron chi connectivity index (χ3n) is 5.12. The van der Waals surface area contributed by atoms with Crippen LogP contribution in [-0.4, -0.2) is 38.1 Å². The molecule has 2 aromatic heterocycles. The molecule has 2 N–H and O–H groups in total. The van der Waals surface area contributed by atoms with Gasteiger partial charge in [0, 0.05) is 22.5 Å². The first kappa shape index (κ1) is 17.9. The number of carbonyl (C=O) groups excluding carboxylic acids is 1. The quantitative estimate of drug-likeness (QED) is 0.542. The molecule has 29 heavy (non-hydrogen) atoms. The Balaban J connectivity index is 1.65. The predicted molar refractivity (Wildman–Crippen MR) is 113 cm³/mol. The number of carbonyl (C=O) groups is 1. The maximum atomic E-state index is 12.4. The minimum Gasteiger partial charge on any atom is -0.354 e. The van der Waals surface area contributed by atoms with Crippen molar-refractivity contribution in [3.63, 3.8) is 0 Å². The molecule has 0 saturated carbocycles. The Bertz CT molecular complexity index is 1200. The fourth-order valence-electron chi connectivity index (χ4n) is 3.60. The van der Waals surface area contributed by atoms with Crippen molar-refractivity contribution >= 4 is 40.0 Å². The summed E-state index contributed by atoms with van der Waals surface area (Å²) in [6, 6.07) is 14.8. The lowest BCUT2D eigenvalue weighted by Crippen LogP contribution is -2.38. The number of amides is 1. The number of hydrogen-bond donors (Lipinski definition) is 2. The zero-order chi connectivity index (χ0) is 19.8. The summed E-state index contributed by atoms with van der Waals surface area (Å²) in [5.41, 5.74) is 2.35. The first-order valence-corrected chi connectivity index (χ1v) is 10.0. The Labute approximate surface area is 172 Å². The molecule has 1 aliphatic rings. The number of anilines is 1. The van der Waals surface area contributed by atoms with Crippen molar-refractivity contribution in [1.29, 1.82) is 0 Å². The number of aromatic nitrogens is 4. The molecule has 1 atom stereocenters. The van der Waals surface area contributed by atoms with Crippen LogP contribution in [-0.2, 0) is 4.79 Å². The van der Waals surface area contributed by atoms with Crippen molar-refractivity contribution in [2.24, 2.45) is 0 Å². The average molecular weight is 407 g/mol. The molecule has 0 radical (unpaired) electrons. The summed E-state index contributed by atoms with van der Waals surface area (Å²) in [7, 11) is 0. The lowest BCUT2D eigenvalue weighted by Gasteiger charge is -2.16. The second-order valence-corrected chi connectivity index (χ2v) is 7.55. The number of halogens is 1. The van der Waals surface area contributed by atoms with E-state index in [9.17, 15) is 4.79 Å². The molecule has 3 heterocycles. The molecule has 1 amide bonds. The third kappa shape index (κ3) is 3.38. The average Bonchev–Trinajstić information content (AvgIpc) is 3.09. The van der Waals surface area contributed by atoms with E-state index < -0.39 is 0 Å². The lowest BCUT2D eigenvalue weighted by molar-refractivity contribution is -0.121. The molecule has 0 aliphatic carbocycles. The van der Waals surface area contributed by atoms with Crippen LogP contribution >= 0.6 is 11.6 Å². The van der Waals surface area contributed by atoms with Crippen LogP contribution in [0.5, 0.6) is 0 Å². The van der Waals surface area contributed by atoms with E-state index in [4.69, 9.17) is 21.6 Å². The summed E-state index contributed by atoms with van der Waals surface area (Å²) in [6.45, 7) is 0.710. The van der Waals surface area contributed by atoms with Crippen LogP contribution in [0.1, 0.15) is 19.3 Å². The zero-order valence-corrected chi connectivity index (χ0v) is 16.4. The fraction of sp³-hybridized carbons (Fsp3) is 0.238. The van der Waals surface area contributed by atoms with Crippen molar-refractivity contribution < 1.29 is 4.79 Å². The van der Waals surface area contributed by atoms with Gasteiger partial charge in [-0.1, -0.05) is 23.7 Å². The molecule has 8 heteroatoms. The largest absolute Gasteiger partial charge is 0.354 e. The number of nitrogens with one attached hydrogen (secondary N) is 2. The maximum Gasteiger partial charge on any atom is 0.242 e. The molecular formula is C21H19ClN6O. The van der Waals surface area contributed by atoms with Crippen molar-refractivity contribution in [2.45, 2.75) is 25.3 Å². The van der Waals surface area contributed by atoms with E-state index in [-0.39, 0.29) is 11.9 Å². The molecule has 4 aromatic rings. The van der Waals surface area contributed by atoms with Gasteiger partial charge >= 0.3 is 0 Å². The minimum absolute atomic E-state index is 0.0105. The second kappa shape index (κ2) is 7.33. The van der Waals surface area contributed by atoms with Gasteiger partial charge in [-0.3, -0.25) is 4.79 Å². The summed E-state index contributed by atoms with van der Waals surface area (Å²) in [5.74, 6) is 1.07. The summed E-state index contributed by atoms with van der Waals surface area (Å²) in [6.07, 6.45) is 2.70. The molecule has 0 spiro atoms. The summed E-state index contributed by atoms with van der Waals surface area (Å²) in [4.78, 5) is 21.9. The normalized spacial score (nSPS) is 17.3. The number of benzene rings is 2. The van der Waals surface area contributed by atoms with Crippen LogP contribution in [0, 0.1) is 0 Å². The molecular weight excluding hydrogens is 388 g/mol. The van der Waals surface area contributed by atoms with E-state index in [1.807, 2.05) is 48.5 Å². The molecule has 1 saturated heterocycles. The van der Waals surface area contributed by atoms with Gasteiger partial charge in [0.15, 0.2) is 11.5 Å². The first-order chi connectivity index (χ1) is 14.2. The fourth-order valence-corrected chi connectivity index (χ4v) is 3.73. The Morgan fingerprint density at radius 2 is 1.90 bits per heavy atom. The van der Waals surface area contributed by atoms with Crippen molar-refractivity contribution in [3.8, 4) is 11.4 Å². The van der Waals surface area contributed by atoms with Crippen molar-refractivity contribution in [1.82, 2.24) is 24.9 Å². The van der Waals surface area contributed by atoms with Gasteiger partial charge in [-0.25, -0.2) is 9.97 Å². The Morgan fingerprint density at radius 3 is 2.76 bits per heavy atom. The monoisotopic (exact) mass is 406 g/mol. The molecule has 5 rings (SSSR count). The van der Waals surface area contributed by atoms with Gasteiger partial charge in [0.05, 0.1) is 5.52 Å². The highest BCUT2D eigenvalue weighted by atomic mass is 35.5. The number of hydrogen-bond acceptors (Lipinski definition) is 5. The summed E-state index contributed by atoms with van der Waals surface area (Å²) < 4.78 is 1.68. The molecule has 2 aromatic carbocycles. The van der Waals surface area contributed by atoms with Crippen LogP contribution < -0.4 is 10.6 Å². The van der Waals surface area contributed by atoms with E-state index in [1.165, 1.54) is 0 Å². The summed E-state index contributed by atoms with van der Waals surface area (Å²) >= 11 is 6.01. The van der Waals surface area contributed by atoms with Crippen molar-refractivity contribution in [3.05, 3.63) is 53.6 Å².